The van der Waals surface area contributed by atoms with Gasteiger partial charge in [-0.2, -0.15) is 0 Å². The summed E-state index contributed by atoms with van der Waals surface area (Å²) in [6.07, 6.45) is 4.08. The van der Waals surface area contributed by atoms with E-state index in [2.05, 4.69) is 10.3 Å². The van der Waals surface area contributed by atoms with Crippen LogP contribution < -0.4 is 5.32 Å². The fourth-order valence-corrected chi connectivity index (χ4v) is 4.83. The number of carbonyl (C=O) groups excluding carboxylic acids is 2. The molecular weight excluding hydrogens is 461 g/mol. The van der Waals surface area contributed by atoms with E-state index in [0.29, 0.717) is 53.2 Å². The Morgan fingerprint density at radius 3 is 2.78 bits per heavy atom. The fourth-order valence-electron chi connectivity index (χ4n) is 4.83. The van der Waals surface area contributed by atoms with E-state index in [9.17, 15) is 14.0 Å². The van der Waals surface area contributed by atoms with Gasteiger partial charge in [-0.3, -0.25) is 14.6 Å². The summed E-state index contributed by atoms with van der Waals surface area (Å²) in [6, 6.07) is 13.8. The first-order chi connectivity index (χ1) is 17.5. The lowest BCUT2D eigenvalue weighted by atomic mass is 9.98. The number of hydrogen-bond acceptors (Lipinski definition) is 5. The Balaban J connectivity index is 1.51. The van der Waals surface area contributed by atoms with E-state index in [0.717, 1.165) is 5.56 Å². The topological polar surface area (TPSA) is 89.3 Å². The van der Waals surface area contributed by atoms with Gasteiger partial charge in [0.2, 0.25) is 5.91 Å². The highest BCUT2D eigenvalue weighted by Gasteiger charge is 2.30. The molecule has 3 heterocycles. The van der Waals surface area contributed by atoms with Crippen LogP contribution in [0.5, 0.6) is 0 Å². The highest BCUT2D eigenvalue weighted by molar-refractivity contribution is 6.06. The van der Waals surface area contributed by atoms with Crippen LogP contribution in [0, 0.1) is 5.82 Å². The van der Waals surface area contributed by atoms with Crippen molar-refractivity contribution < 1.29 is 18.7 Å². The summed E-state index contributed by atoms with van der Waals surface area (Å²) in [6.45, 7) is 0.820. The number of benzene rings is 2. The third-order valence-corrected chi connectivity index (χ3v) is 6.51. The van der Waals surface area contributed by atoms with E-state index in [1.165, 1.54) is 13.2 Å². The number of likely N-dealkylation sites (tertiary alicyclic amines) is 1. The molecule has 2 aromatic heterocycles. The van der Waals surface area contributed by atoms with Crippen LogP contribution in [0.15, 0.2) is 60.9 Å². The Morgan fingerprint density at radius 2 is 2.03 bits per heavy atom. The average Bonchev–Trinajstić information content (AvgIpc) is 3.50. The predicted octanol–water partition coefficient (Wildman–Crippen LogP) is 3.99. The molecule has 2 amide bonds. The Labute approximate surface area is 207 Å². The maximum Gasteiger partial charge on any atom is 0.254 e. The third-order valence-electron chi connectivity index (χ3n) is 6.51. The molecule has 0 aliphatic carbocycles. The quantitative estimate of drug-likeness (QED) is 0.444. The molecular formula is C27H26FN5O3. The van der Waals surface area contributed by atoms with Gasteiger partial charge in [0.15, 0.2) is 0 Å². The Bertz CT molecular complexity index is 1440. The standard InChI is InChI=1S/C27H26FN5O3/c1-32-25-22(30-24(34)16-36-2)12-19(13-23(25)31-26(32)17-6-5-10-29-14-17)27(35)33-11-9-18(15-33)20-7-3-4-8-21(20)28/h3-8,10,12-14,18H,9,11,15-16H2,1-2H3,(H,30,34). The first kappa shape index (κ1) is 23.6. The fraction of sp³-hybridized carbons (Fsp3) is 0.259. The largest absolute Gasteiger partial charge is 0.375 e. The molecule has 1 saturated heterocycles. The van der Waals surface area contributed by atoms with E-state index < -0.39 is 0 Å². The van der Waals surface area contributed by atoms with Crippen LogP contribution in [0.25, 0.3) is 22.4 Å². The zero-order valence-electron chi connectivity index (χ0n) is 20.1. The van der Waals surface area contributed by atoms with Crippen molar-refractivity contribution in [2.75, 3.05) is 32.1 Å². The lowest BCUT2D eigenvalue weighted by Crippen LogP contribution is -2.28. The van der Waals surface area contributed by atoms with Crippen molar-refractivity contribution in [3.05, 3.63) is 77.9 Å². The Kier molecular flexibility index (Phi) is 6.47. The van der Waals surface area contributed by atoms with Crippen LogP contribution in [0.1, 0.15) is 28.3 Å². The number of halogens is 1. The minimum Gasteiger partial charge on any atom is -0.375 e. The summed E-state index contributed by atoms with van der Waals surface area (Å²) in [5.74, 6) is -0.185. The van der Waals surface area contributed by atoms with Crippen molar-refractivity contribution in [1.82, 2.24) is 19.4 Å². The summed E-state index contributed by atoms with van der Waals surface area (Å²) < 4.78 is 21.2. The highest BCUT2D eigenvalue weighted by atomic mass is 19.1. The molecule has 1 aliphatic rings. The summed E-state index contributed by atoms with van der Waals surface area (Å²) >= 11 is 0. The maximum atomic E-state index is 14.3. The van der Waals surface area contributed by atoms with Gasteiger partial charge < -0.3 is 19.5 Å². The van der Waals surface area contributed by atoms with Gasteiger partial charge in [0.1, 0.15) is 18.2 Å². The van der Waals surface area contributed by atoms with E-state index in [1.54, 1.807) is 41.6 Å². The van der Waals surface area contributed by atoms with Crippen LogP contribution >= 0.6 is 0 Å². The minimum absolute atomic E-state index is 0.0632. The first-order valence-corrected chi connectivity index (χ1v) is 11.7. The van der Waals surface area contributed by atoms with Crippen molar-refractivity contribution in [3.8, 4) is 11.4 Å². The first-order valence-electron chi connectivity index (χ1n) is 11.7. The molecule has 2 aromatic carbocycles. The molecule has 0 radical (unpaired) electrons. The number of imidazole rings is 1. The number of ether oxygens (including phenoxy) is 1. The number of nitrogens with zero attached hydrogens (tertiary/aromatic N) is 4. The lowest BCUT2D eigenvalue weighted by Gasteiger charge is -2.18. The van der Waals surface area contributed by atoms with Crippen LogP contribution in [0.2, 0.25) is 0 Å². The van der Waals surface area contributed by atoms with Gasteiger partial charge in [-0.15, -0.1) is 0 Å². The molecule has 5 rings (SSSR count). The molecule has 36 heavy (non-hydrogen) atoms. The number of aryl methyl sites for hydroxylation is 1. The zero-order valence-corrected chi connectivity index (χ0v) is 20.1. The van der Waals surface area contributed by atoms with Crippen LogP contribution in [0.3, 0.4) is 0 Å². The van der Waals surface area contributed by atoms with Crippen LogP contribution in [-0.2, 0) is 16.6 Å². The molecule has 0 bridgehead atoms. The number of nitrogens with one attached hydrogen (secondary N) is 1. The van der Waals surface area contributed by atoms with Crippen molar-refractivity contribution in [2.45, 2.75) is 12.3 Å². The highest BCUT2D eigenvalue weighted by Crippen LogP contribution is 2.33. The van der Waals surface area contributed by atoms with Crippen molar-refractivity contribution in [2.24, 2.45) is 7.05 Å². The number of methoxy groups -OCH3 is 1. The normalized spacial score (nSPS) is 15.4. The summed E-state index contributed by atoms with van der Waals surface area (Å²) in [4.78, 5) is 36.6. The van der Waals surface area contributed by atoms with Gasteiger partial charge in [-0.25, -0.2) is 9.37 Å². The van der Waals surface area contributed by atoms with Crippen LogP contribution in [0.4, 0.5) is 10.1 Å². The summed E-state index contributed by atoms with van der Waals surface area (Å²) in [5, 5.41) is 2.86. The molecule has 1 atom stereocenters. The number of pyridine rings is 1. The van der Waals surface area contributed by atoms with Gasteiger partial charge >= 0.3 is 0 Å². The van der Waals surface area contributed by atoms with Gasteiger partial charge in [0, 0.05) is 56.7 Å². The number of carbonyl (C=O) groups is 2. The van der Waals surface area contributed by atoms with Crippen molar-refractivity contribution >= 4 is 28.5 Å². The lowest BCUT2D eigenvalue weighted by molar-refractivity contribution is -0.119. The van der Waals surface area contributed by atoms with E-state index in [-0.39, 0.29) is 30.2 Å². The molecule has 184 valence electrons. The van der Waals surface area contributed by atoms with E-state index in [4.69, 9.17) is 9.72 Å². The Hall–Kier alpha value is -4.11. The predicted molar refractivity (Wildman–Crippen MR) is 134 cm³/mol. The average molecular weight is 488 g/mol. The molecule has 9 heteroatoms. The van der Waals surface area contributed by atoms with Crippen molar-refractivity contribution in [3.63, 3.8) is 0 Å². The summed E-state index contributed by atoms with van der Waals surface area (Å²) in [7, 11) is 3.30. The number of aromatic nitrogens is 3. The second kappa shape index (κ2) is 9.87. The molecule has 8 nitrogen and oxygen atoms in total. The molecule has 1 fully saturated rings. The SMILES string of the molecule is COCC(=O)Nc1cc(C(=O)N2CCC(c3ccccc3F)C2)cc2nc(-c3cccnc3)n(C)c12. The third kappa shape index (κ3) is 4.45. The second-order valence-corrected chi connectivity index (χ2v) is 8.87. The van der Waals surface area contributed by atoms with Gasteiger partial charge in [0.25, 0.3) is 5.91 Å². The zero-order chi connectivity index (χ0) is 25.2. The number of fused-ring (bicyclic) bond motifs is 1. The molecule has 1 aliphatic heterocycles. The van der Waals surface area contributed by atoms with Gasteiger partial charge in [-0.1, -0.05) is 18.2 Å². The second-order valence-electron chi connectivity index (χ2n) is 8.87. The number of anilines is 1. The number of amides is 2. The smallest absolute Gasteiger partial charge is 0.254 e. The van der Waals surface area contributed by atoms with E-state index >= 15 is 0 Å². The van der Waals surface area contributed by atoms with Crippen molar-refractivity contribution in [1.29, 1.82) is 0 Å². The Morgan fingerprint density at radius 1 is 1.19 bits per heavy atom. The molecule has 1 N–H and O–H groups in total. The summed E-state index contributed by atoms with van der Waals surface area (Å²) in [5.41, 5.74) is 3.56. The van der Waals surface area contributed by atoms with Gasteiger partial charge in [-0.05, 0) is 42.3 Å². The van der Waals surface area contributed by atoms with E-state index in [1.807, 2.05) is 29.8 Å². The van der Waals surface area contributed by atoms with Crippen LogP contribution in [-0.4, -0.2) is 58.1 Å². The minimum atomic E-state index is -0.340. The monoisotopic (exact) mass is 487 g/mol. The maximum absolute atomic E-state index is 14.3. The molecule has 1 unspecified atom stereocenters. The number of hydrogen-bond donors (Lipinski definition) is 1. The molecule has 0 saturated carbocycles. The number of rotatable bonds is 6. The molecule has 0 spiro atoms. The van der Waals surface area contributed by atoms with Gasteiger partial charge in [0.05, 0.1) is 16.7 Å². The molecule has 4 aromatic rings.